The van der Waals surface area contributed by atoms with Gasteiger partial charge in [0.1, 0.15) is 0 Å². The Kier molecular flexibility index (Phi) is 5.40. The number of hydrogen-bond acceptors (Lipinski definition) is 2. The third-order valence-electron chi connectivity index (χ3n) is 2.69. The molecular formula is C11H22O2. The molecule has 1 atom stereocenters. The van der Waals surface area contributed by atoms with E-state index in [1.807, 2.05) is 0 Å². The Morgan fingerprint density at radius 3 is 2.31 bits per heavy atom. The summed E-state index contributed by atoms with van der Waals surface area (Å²) < 4.78 is 11.2. The van der Waals surface area contributed by atoms with Gasteiger partial charge in [-0.05, 0) is 18.8 Å². The van der Waals surface area contributed by atoms with Crippen LogP contribution >= 0.6 is 0 Å². The van der Waals surface area contributed by atoms with Gasteiger partial charge in [0.2, 0.25) is 0 Å². The molecule has 1 fully saturated rings. The number of hydrogen-bond donors (Lipinski definition) is 0. The summed E-state index contributed by atoms with van der Waals surface area (Å²) in [4.78, 5) is 0. The van der Waals surface area contributed by atoms with Crippen molar-refractivity contribution >= 4 is 0 Å². The van der Waals surface area contributed by atoms with Gasteiger partial charge in [-0.3, -0.25) is 0 Å². The second-order valence-electron chi connectivity index (χ2n) is 3.82. The van der Waals surface area contributed by atoms with Crippen molar-refractivity contribution in [2.45, 2.75) is 45.6 Å². The van der Waals surface area contributed by atoms with Crippen LogP contribution in [-0.4, -0.2) is 25.9 Å². The fourth-order valence-electron chi connectivity index (χ4n) is 2.04. The molecule has 13 heavy (non-hydrogen) atoms. The molecule has 0 spiro atoms. The first-order chi connectivity index (χ1) is 6.38. The highest BCUT2D eigenvalue weighted by Crippen LogP contribution is 2.22. The molecule has 0 bridgehead atoms. The van der Waals surface area contributed by atoms with E-state index in [0.29, 0.717) is 6.10 Å². The van der Waals surface area contributed by atoms with Gasteiger partial charge in [0, 0.05) is 0 Å². The van der Waals surface area contributed by atoms with Gasteiger partial charge in [0.05, 0.1) is 25.9 Å². The van der Waals surface area contributed by atoms with Gasteiger partial charge in [-0.15, -0.1) is 0 Å². The molecule has 0 aromatic rings. The van der Waals surface area contributed by atoms with Crippen molar-refractivity contribution in [1.29, 1.82) is 0 Å². The number of rotatable bonds is 5. The van der Waals surface area contributed by atoms with Crippen LogP contribution in [0.1, 0.15) is 39.5 Å². The van der Waals surface area contributed by atoms with Gasteiger partial charge in [-0.2, -0.15) is 0 Å². The van der Waals surface area contributed by atoms with Crippen LogP contribution in [0.15, 0.2) is 0 Å². The molecule has 1 rings (SSSR count). The van der Waals surface area contributed by atoms with Crippen LogP contribution in [-0.2, 0) is 9.47 Å². The molecule has 0 aliphatic carbocycles. The highest BCUT2D eigenvalue weighted by Gasteiger charge is 2.23. The van der Waals surface area contributed by atoms with Crippen molar-refractivity contribution in [2.24, 2.45) is 5.92 Å². The number of ether oxygens (including phenoxy) is 2. The minimum Gasteiger partial charge on any atom is -0.376 e. The Morgan fingerprint density at radius 2 is 1.85 bits per heavy atom. The molecule has 1 heterocycles. The van der Waals surface area contributed by atoms with Crippen molar-refractivity contribution in [3.8, 4) is 0 Å². The summed E-state index contributed by atoms with van der Waals surface area (Å²) in [6, 6.07) is 0. The van der Waals surface area contributed by atoms with Gasteiger partial charge in [0.15, 0.2) is 0 Å². The maximum absolute atomic E-state index is 5.72. The van der Waals surface area contributed by atoms with E-state index in [0.717, 1.165) is 25.7 Å². The molecule has 0 N–H and O–H groups in total. The summed E-state index contributed by atoms with van der Waals surface area (Å²) >= 11 is 0. The molecule has 0 saturated carbocycles. The molecule has 78 valence electrons. The molecule has 2 heteroatoms. The lowest BCUT2D eigenvalue weighted by molar-refractivity contribution is -0.113. The van der Waals surface area contributed by atoms with E-state index in [1.54, 1.807) is 0 Å². The summed E-state index contributed by atoms with van der Waals surface area (Å²) in [6.45, 7) is 6.86. The smallest absolute Gasteiger partial charge is 0.0837 e. The summed E-state index contributed by atoms with van der Waals surface area (Å²) in [5, 5.41) is 0. The summed E-state index contributed by atoms with van der Waals surface area (Å²) in [5.74, 6) is 0.718. The molecule has 1 saturated heterocycles. The van der Waals surface area contributed by atoms with Gasteiger partial charge >= 0.3 is 0 Å². The molecule has 1 aliphatic heterocycles. The summed E-state index contributed by atoms with van der Waals surface area (Å²) in [5.41, 5.74) is 0. The lowest BCUT2D eigenvalue weighted by atomic mass is 9.92. The first-order valence-corrected chi connectivity index (χ1v) is 5.57. The van der Waals surface area contributed by atoms with Crippen molar-refractivity contribution in [2.75, 3.05) is 19.8 Å². The lowest BCUT2D eigenvalue weighted by Crippen LogP contribution is -2.35. The fourth-order valence-corrected chi connectivity index (χ4v) is 2.04. The average Bonchev–Trinajstić information content (AvgIpc) is 2.19. The first kappa shape index (κ1) is 11.0. The Labute approximate surface area is 81.6 Å². The van der Waals surface area contributed by atoms with Gasteiger partial charge in [0.25, 0.3) is 0 Å². The third kappa shape index (κ3) is 3.65. The topological polar surface area (TPSA) is 18.5 Å². The Bertz CT molecular complexity index is 113. The van der Waals surface area contributed by atoms with Crippen molar-refractivity contribution in [1.82, 2.24) is 0 Å². The van der Waals surface area contributed by atoms with Crippen molar-refractivity contribution < 1.29 is 9.47 Å². The maximum atomic E-state index is 5.72. The van der Waals surface area contributed by atoms with E-state index in [1.165, 1.54) is 25.7 Å². The molecule has 0 aromatic carbocycles. The van der Waals surface area contributed by atoms with Crippen LogP contribution in [0, 0.1) is 5.92 Å². The molecular weight excluding hydrogens is 164 g/mol. The maximum Gasteiger partial charge on any atom is 0.0837 e. The zero-order valence-electron chi connectivity index (χ0n) is 8.92. The zero-order valence-corrected chi connectivity index (χ0v) is 8.92. The minimum absolute atomic E-state index is 0.369. The lowest BCUT2D eigenvalue weighted by Gasteiger charge is -2.30. The predicted molar refractivity (Wildman–Crippen MR) is 53.9 cm³/mol. The van der Waals surface area contributed by atoms with Crippen LogP contribution in [0.3, 0.4) is 0 Å². The first-order valence-electron chi connectivity index (χ1n) is 5.57. The zero-order chi connectivity index (χ0) is 9.52. The Balaban J connectivity index is 2.32. The second kappa shape index (κ2) is 6.39. The van der Waals surface area contributed by atoms with Crippen LogP contribution in [0.25, 0.3) is 0 Å². The second-order valence-corrected chi connectivity index (χ2v) is 3.82. The van der Waals surface area contributed by atoms with Gasteiger partial charge < -0.3 is 9.47 Å². The van der Waals surface area contributed by atoms with Gasteiger partial charge in [-0.25, -0.2) is 0 Å². The van der Waals surface area contributed by atoms with Gasteiger partial charge in [-0.1, -0.05) is 26.7 Å². The van der Waals surface area contributed by atoms with Crippen LogP contribution in [0.4, 0.5) is 0 Å². The largest absolute Gasteiger partial charge is 0.376 e. The van der Waals surface area contributed by atoms with E-state index in [9.17, 15) is 0 Å². The average molecular weight is 186 g/mol. The standard InChI is InChI=1S/C11H22O2/c1-3-5-10(6-4-2)11-9-12-7-8-13-11/h10-11H,3-9H2,1-2H3. The monoisotopic (exact) mass is 186 g/mol. The molecule has 1 aliphatic rings. The van der Waals surface area contributed by atoms with E-state index < -0.39 is 0 Å². The Hall–Kier alpha value is -0.0800. The van der Waals surface area contributed by atoms with E-state index in [2.05, 4.69) is 13.8 Å². The van der Waals surface area contributed by atoms with Crippen LogP contribution < -0.4 is 0 Å². The predicted octanol–water partition coefficient (Wildman–Crippen LogP) is 2.62. The van der Waals surface area contributed by atoms with E-state index >= 15 is 0 Å². The van der Waals surface area contributed by atoms with Crippen molar-refractivity contribution in [3.63, 3.8) is 0 Å². The Morgan fingerprint density at radius 1 is 1.15 bits per heavy atom. The molecule has 0 radical (unpaired) electrons. The molecule has 1 unspecified atom stereocenters. The summed E-state index contributed by atoms with van der Waals surface area (Å²) in [6.07, 6.45) is 5.44. The molecule has 0 aromatic heterocycles. The fraction of sp³-hybridized carbons (Fsp3) is 1.00. The minimum atomic E-state index is 0.369. The van der Waals surface area contributed by atoms with E-state index in [-0.39, 0.29) is 0 Å². The normalized spacial score (nSPS) is 23.8. The van der Waals surface area contributed by atoms with E-state index in [4.69, 9.17) is 9.47 Å². The quantitative estimate of drug-likeness (QED) is 0.657. The summed E-state index contributed by atoms with van der Waals surface area (Å²) in [7, 11) is 0. The molecule has 2 nitrogen and oxygen atoms in total. The van der Waals surface area contributed by atoms with Crippen molar-refractivity contribution in [3.05, 3.63) is 0 Å². The SMILES string of the molecule is CCCC(CCC)C1COCCO1. The van der Waals surface area contributed by atoms with Crippen LogP contribution in [0.2, 0.25) is 0 Å². The van der Waals surface area contributed by atoms with Crippen LogP contribution in [0.5, 0.6) is 0 Å². The molecule has 0 amide bonds. The third-order valence-corrected chi connectivity index (χ3v) is 2.69. The highest BCUT2D eigenvalue weighted by molar-refractivity contribution is 4.71. The highest BCUT2D eigenvalue weighted by atomic mass is 16.6.